The van der Waals surface area contributed by atoms with Crippen LogP contribution >= 0.6 is 11.3 Å². The Labute approximate surface area is 148 Å². The minimum atomic E-state index is -0.952. The maximum Gasteiger partial charge on any atom is 0.248 e. The lowest BCUT2D eigenvalue weighted by atomic mass is 10.2. The normalized spacial score (nSPS) is 12.0. The average Bonchev–Trinajstić information content (AvgIpc) is 3.29. The van der Waals surface area contributed by atoms with Gasteiger partial charge in [0.1, 0.15) is 17.6 Å². The van der Waals surface area contributed by atoms with Gasteiger partial charge in [-0.3, -0.25) is 9.59 Å². The van der Waals surface area contributed by atoms with Gasteiger partial charge in [0.25, 0.3) is 0 Å². The Morgan fingerprint density at radius 2 is 2.12 bits per heavy atom. The summed E-state index contributed by atoms with van der Waals surface area (Å²) in [4.78, 5) is 26.7. The summed E-state index contributed by atoms with van der Waals surface area (Å²) in [7, 11) is 0. The number of amides is 1. The number of furan rings is 1. The zero-order valence-electron chi connectivity index (χ0n) is 13.4. The smallest absolute Gasteiger partial charge is 0.248 e. The van der Waals surface area contributed by atoms with Gasteiger partial charge in [-0.2, -0.15) is 0 Å². The Hall–Kier alpha value is -2.64. The molecule has 0 bridgehead atoms. The van der Waals surface area contributed by atoms with Gasteiger partial charge in [0.15, 0.2) is 0 Å². The summed E-state index contributed by atoms with van der Waals surface area (Å²) in [6, 6.07) is 12.2. The molecule has 3 aromatic heterocycles. The number of aromatic amines is 1. The molecule has 7 heteroatoms. The largest absolute Gasteiger partial charge is 0.460 e. The van der Waals surface area contributed by atoms with E-state index in [1.807, 2.05) is 29.6 Å². The molecule has 0 aromatic carbocycles. The van der Waals surface area contributed by atoms with E-state index in [0.717, 1.165) is 16.4 Å². The summed E-state index contributed by atoms with van der Waals surface area (Å²) in [5.74, 6) is 1.35. The molecule has 1 unspecified atom stereocenters. The van der Waals surface area contributed by atoms with E-state index in [1.54, 1.807) is 23.5 Å². The molecular weight excluding hydrogens is 340 g/mol. The molecule has 6 nitrogen and oxygen atoms in total. The molecule has 25 heavy (non-hydrogen) atoms. The highest BCUT2D eigenvalue weighted by Gasteiger charge is 2.11. The lowest BCUT2D eigenvalue weighted by molar-refractivity contribution is -0.121. The van der Waals surface area contributed by atoms with Gasteiger partial charge in [-0.15, -0.1) is 11.3 Å². The molecule has 0 aliphatic carbocycles. The van der Waals surface area contributed by atoms with Crippen LogP contribution in [-0.2, 0) is 11.2 Å². The molecule has 3 aromatic rings. The zero-order chi connectivity index (χ0) is 17.6. The maximum absolute atomic E-state index is 11.9. The number of hydrogen-bond acceptors (Lipinski definition) is 5. The number of nitrogens with one attached hydrogen (secondary N) is 2. The molecule has 3 N–H and O–H groups in total. The number of thiophene rings is 1. The number of carbonyl (C=O) groups is 1. The summed E-state index contributed by atoms with van der Waals surface area (Å²) in [6.07, 6.45) is -0.211. The number of aliphatic hydroxyl groups is 1. The third-order valence-corrected chi connectivity index (χ3v) is 4.55. The van der Waals surface area contributed by atoms with Crippen molar-refractivity contribution in [1.29, 1.82) is 0 Å². The summed E-state index contributed by atoms with van der Waals surface area (Å²) >= 11 is 1.60. The standard InChI is InChI=1S/C18H18N2O4S/c21-14(13-3-1-5-18(23)20-13)11-19-17(22)9-7-12-6-8-15(24-12)16-4-2-10-25-16/h1-6,8,10,14,21H,7,9,11H2,(H,19,22)(H,20,23). The second-order valence-electron chi connectivity index (χ2n) is 5.53. The van der Waals surface area contributed by atoms with E-state index in [4.69, 9.17) is 4.42 Å². The summed E-state index contributed by atoms with van der Waals surface area (Å²) < 4.78 is 5.73. The van der Waals surface area contributed by atoms with Crippen LogP contribution in [-0.4, -0.2) is 22.5 Å². The molecule has 0 aliphatic heterocycles. The molecule has 0 saturated heterocycles. The first kappa shape index (κ1) is 17.2. The van der Waals surface area contributed by atoms with Crippen molar-refractivity contribution in [2.45, 2.75) is 18.9 Å². The first-order chi connectivity index (χ1) is 12.1. The molecule has 3 rings (SSSR count). The van der Waals surface area contributed by atoms with E-state index in [0.29, 0.717) is 12.1 Å². The van der Waals surface area contributed by atoms with Crippen LogP contribution in [0, 0.1) is 0 Å². The van der Waals surface area contributed by atoms with E-state index < -0.39 is 6.10 Å². The van der Waals surface area contributed by atoms with Gasteiger partial charge in [-0.1, -0.05) is 12.1 Å². The highest BCUT2D eigenvalue weighted by Crippen LogP contribution is 2.26. The molecule has 0 saturated carbocycles. The van der Waals surface area contributed by atoms with Crippen LogP contribution in [0.3, 0.4) is 0 Å². The van der Waals surface area contributed by atoms with Crippen molar-refractivity contribution in [3.63, 3.8) is 0 Å². The third kappa shape index (κ3) is 4.68. The van der Waals surface area contributed by atoms with Crippen LogP contribution in [0.15, 0.2) is 57.1 Å². The minimum absolute atomic E-state index is 0.0391. The number of rotatable bonds is 7. The van der Waals surface area contributed by atoms with Crippen LogP contribution in [0.5, 0.6) is 0 Å². The average molecular weight is 358 g/mol. The first-order valence-electron chi connectivity index (χ1n) is 7.88. The second kappa shape index (κ2) is 7.96. The van der Waals surface area contributed by atoms with E-state index in [9.17, 15) is 14.7 Å². The van der Waals surface area contributed by atoms with Crippen molar-refractivity contribution in [2.75, 3.05) is 6.54 Å². The fraction of sp³-hybridized carbons (Fsp3) is 0.222. The molecular formula is C18H18N2O4S. The Morgan fingerprint density at radius 1 is 1.24 bits per heavy atom. The van der Waals surface area contributed by atoms with E-state index >= 15 is 0 Å². The van der Waals surface area contributed by atoms with E-state index in [1.165, 1.54) is 6.07 Å². The Bertz CT molecular complexity index is 882. The van der Waals surface area contributed by atoms with E-state index in [-0.39, 0.29) is 24.4 Å². The molecule has 3 heterocycles. The third-order valence-electron chi connectivity index (χ3n) is 3.67. The lowest BCUT2D eigenvalue weighted by Gasteiger charge is -2.11. The Balaban J connectivity index is 1.46. The summed E-state index contributed by atoms with van der Waals surface area (Å²) in [6.45, 7) is 0.0391. The fourth-order valence-electron chi connectivity index (χ4n) is 2.37. The number of aliphatic hydroxyl groups excluding tert-OH is 1. The van der Waals surface area contributed by atoms with Crippen molar-refractivity contribution in [1.82, 2.24) is 10.3 Å². The molecule has 130 valence electrons. The number of aryl methyl sites for hydroxylation is 1. The van der Waals surface area contributed by atoms with Crippen molar-refractivity contribution >= 4 is 17.2 Å². The number of aromatic nitrogens is 1. The van der Waals surface area contributed by atoms with Gasteiger partial charge in [-0.25, -0.2) is 0 Å². The van der Waals surface area contributed by atoms with Crippen molar-refractivity contribution in [2.24, 2.45) is 0 Å². The van der Waals surface area contributed by atoms with Gasteiger partial charge in [-0.05, 0) is 29.6 Å². The van der Waals surface area contributed by atoms with Crippen LogP contribution in [0.1, 0.15) is 24.0 Å². The van der Waals surface area contributed by atoms with Crippen LogP contribution in [0.4, 0.5) is 0 Å². The van der Waals surface area contributed by atoms with Crippen LogP contribution in [0.2, 0.25) is 0 Å². The molecule has 1 atom stereocenters. The van der Waals surface area contributed by atoms with Crippen molar-refractivity contribution in [3.05, 3.63) is 69.7 Å². The van der Waals surface area contributed by atoms with Gasteiger partial charge in [0, 0.05) is 31.1 Å². The summed E-state index contributed by atoms with van der Waals surface area (Å²) in [5.41, 5.74) is 0.0849. The zero-order valence-corrected chi connectivity index (χ0v) is 14.2. The topological polar surface area (TPSA) is 95.3 Å². The highest BCUT2D eigenvalue weighted by atomic mass is 32.1. The maximum atomic E-state index is 11.9. The monoisotopic (exact) mass is 358 g/mol. The van der Waals surface area contributed by atoms with Crippen molar-refractivity contribution < 1.29 is 14.3 Å². The quantitative estimate of drug-likeness (QED) is 0.605. The Morgan fingerprint density at radius 3 is 2.88 bits per heavy atom. The van der Waals surface area contributed by atoms with Gasteiger partial charge >= 0.3 is 0 Å². The predicted molar refractivity (Wildman–Crippen MR) is 95.4 cm³/mol. The highest BCUT2D eigenvalue weighted by molar-refractivity contribution is 7.13. The molecule has 0 fully saturated rings. The van der Waals surface area contributed by atoms with Crippen LogP contribution < -0.4 is 10.9 Å². The van der Waals surface area contributed by atoms with Gasteiger partial charge < -0.3 is 19.8 Å². The second-order valence-corrected chi connectivity index (χ2v) is 6.48. The van der Waals surface area contributed by atoms with Crippen molar-refractivity contribution in [3.8, 4) is 10.6 Å². The molecule has 0 spiro atoms. The number of carbonyl (C=O) groups excluding carboxylic acids is 1. The SMILES string of the molecule is O=C(CCc1ccc(-c2cccs2)o1)NCC(O)c1cccc(=O)[nH]1. The number of pyridine rings is 1. The molecule has 1 amide bonds. The molecule has 0 aliphatic rings. The predicted octanol–water partition coefficient (Wildman–Crippen LogP) is 2.48. The minimum Gasteiger partial charge on any atom is -0.460 e. The first-order valence-corrected chi connectivity index (χ1v) is 8.76. The molecule has 0 radical (unpaired) electrons. The van der Waals surface area contributed by atoms with Gasteiger partial charge in [0.05, 0.1) is 4.88 Å². The number of hydrogen-bond donors (Lipinski definition) is 3. The van der Waals surface area contributed by atoms with E-state index in [2.05, 4.69) is 10.3 Å². The lowest BCUT2D eigenvalue weighted by Crippen LogP contribution is -2.29. The Kier molecular flexibility index (Phi) is 5.47. The number of H-pyrrole nitrogens is 1. The van der Waals surface area contributed by atoms with Crippen LogP contribution in [0.25, 0.3) is 10.6 Å². The summed E-state index contributed by atoms with van der Waals surface area (Å²) in [5, 5.41) is 14.6. The fourth-order valence-corrected chi connectivity index (χ4v) is 3.05. The van der Waals surface area contributed by atoms with Gasteiger partial charge in [0.2, 0.25) is 11.5 Å².